The molecular formula is C17H22ClN3O2S. The molecule has 0 fully saturated rings. The quantitative estimate of drug-likeness (QED) is 0.755. The second-order valence-corrected chi connectivity index (χ2v) is 6.88. The van der Waals surface area contributed by atoms with Crippen LogP contribution in [0.25, 0.3) is 0 Å². The first kappa shape index (κ1) is 18.8. The number of nitrogens with one attached hydrogen (secondary N) is 1. The van der Waals surface area contributed by atoms with Gasteiger partial charge in [0.2, 0.25) is 5.91 Å². The van der Waals surface area contributed by atoms with Crippen LogP contribution in [-0.2, 0) is 16.1 Å². The molecule has 0 bridgehead atoms. The number of ether oxygens (including phenoxy) is 1. The Hall–Kier alpha value is -1.50. The zero-order valence-electron chi connectivity index (χ0n) is 14.4. The smallest absolute Gasteiger partial charge is 0.234 e. The van der Waals surface area contributed by atoms with Crippen LogP contribution in [0.5, 0.6) is 0 Å². The van der Waals surface area contributed by atoms with E-state index >= 15 is 0 Å². The van der Waals surface area contributed by atoms with Crippen LogP contribution >= 0.6 is 23.4 Å². The number of halogens is 1. The molecule has 1 N–H and O–H groups in total. The van der Waals surface area contributed by atoms with E-state index in [4.69, 9.17) is 16.3 Å². The molecule has 0 atom stereocenters. The first-order valence-corrected chi connectivity index (χ1v) is 9.00. The molecule has 2 aromatic rings. The number of methoxy groups -OCH3 is 1. The summed E-state index contributed by atoms with van der Waals surface area (Å²) in [5.74, 6) is 0.162. The molecule has 0 saturated carbocycles. The predicted molar refractivity (Wildman–Crippen MR) is 99.1 cm³/mol. The van der Waals surface area contributed by atoms with Gasteiger partial charge in [0.05, 0.1) is 28.8 Å². The van der Waals surface area contributed by atoms with Crippen molar-refractivity contribution in [3.8, 4) is 0 Å². The highest BCUT2D eigenvalue weighted by atomic mass is 35.5. The number of amides is 1. The minimum Gasteiger partial charge on any atom is -0.383 e. The van der Waals surface area contributed by atoms with Crippen LogP contribution < -0.4 is 5.32 Å². The number of aromatic nitrogens is 2. The van der Waals surface area contributed by atoms with Crippen molar-refractivity contribution in [3.05, 3.63) is 40.2 Å². The van der Waals surface area contributed by atoms with Crippen LogP contribution in [0.2, 0.25) is 5.02 Å². The summed E-state index contributed by atoms with van der Waals surface area (Å²) in [5, 5.41) is 4.21. The number of nitrogens with zero attached hydrogens (tertiary/aromatic N) is 2. The van der Waals surface area contributed by atoms with Gasteiger partial charge in [-0.15, -0.1) is 0 Å². The highest BCUT2D eigenvalue weighted by molar-refractivity contribution is 7.99. The van der Waals surface area contributed by atoms with Gasteiger partial charge in [0.1, 0.15) is 0 Å². The Bertz CT molecular complexity index is 731. The summed E-state index contributed by atoms with van der Waals surface area (Å²) < 4.78 is 7.22. The molecule has 1 aromatic carbocycles. The van der Waals surface area contributed by atoms with Crippen LogP contribution in [-0.4, -0.2) is 34.9 Å². The number of anilines is 1. The molecule has 5 nitrogen and oxygen atoms in total. The van der Waals surface area contributed by atoms with Crippen molar-refractivity contribution in [3.63, 3.8) is 0 Å². The molecule has 1 amide bonds. The summed E-state index contributed by atoms with van der Waals surface area (Å²) in [7, 11) is 1.67. The molecule has 0 aliphatic rings. The third-order valence-electron chi connectivity index (χ3n) is 3.67. The molecule has 0 saturated heterocycles. The molecule has 0 radical (unpaired) electrons. The zero-order chi connectivity index (χ0) is 17.7. The average molecular weight is 368 g/mol. The molecule has 0 aliphatic carbocycles. The van der Waals surface area contributed by atoms with Crippen molar-refractivity contribution in [2.75, 3.05) is 24.8 Å². The number of aryl methyl sites for hydroxylation is 2. The fourth-order valence-electron chi connectivity index (χ4n) is 2.22. The van der Waals surface area contributed by atoms with E-state index < -0.39 is 0 Å². The van der Waals surface area contributed by atoms with Gasteiger partial charge in [0.15, 0.2) is 5.16 Å². The second kappa shape index (κ2) is 8.55. The van der Waals surface area contributed by atoms with Gasteiger partial charge in [-0.05, 0) is 38.5 Å². The van der Waals surface area contributed by atoms with E-state index in [0.717, 1.165) is 28.7 Å². The van der Waals surface area contributed by atoms with Crippen molar-refractivity contribution >= 4 is 35.0 Å². The van der Waals surface area contributed by atoms with E-state index in [1.807, 2.05) is 39.0 Å². The van der Waals surface area contributed by atoms with E-state index in [0.29, 0.717) is 17.3 Å². The number of imidazole rings is 1. The maximum absolute atomic E-state index is 12.2. The number of benzene rings is 1. The van der Waals surface area contributed by atoms with Crippen LogP contribution in [0.4, 0.5) is 5.69 Å². The first-order valence-electron chi connectivity index (χ1n) is 7.64. The second-order valence-electron chi connectivity index (χ2n) is 5.53. The van der Waals surface area contributed by atoms with Gasteiger partial charge in [0.25, 0.3) is 0 Å². The molecule has 130 valence electrons. The minimum atomic E-state index is -0.109. The number of carbonyl (C=O) groups excluding carboxylic acids is 1. The lowest BCUT2D eigenvalue weighted by Crippen LogP contribution is -2.15. The van der Waals surface area contributed by atoms with Gasteiger partial charge in [-0.2, -0.15) is 0 Å². The summed E-state index contributed by atoms with van der Waals surface area (Å²) >= 11 is 7.56. The third-order valence-corrected chi connectivity index (χ3v) is 4.96. The van der Waals surface area contributed by atoms with Crippen molar-refractivity contribution in [2.45, 2.75) is 32.5 Å². The largest absolute Gasteiger partial charge is 0.383 e. The molecule has 0 unspecified atom stereocenters. The molecule has 24 heavy (non-hydrogen) atoms. The molecule has 7 heteroatoms. The lowest BCUT2D eigenvalue weighted by molar-refractivity contribution is -0.113. The van der Waals surface area contributed by atoms with Crippen molar-refractivity contribution < 1.29 is 9.53 Å². The van der Waals surface area contributed by atoms with Gasteiger partial charge >= 0.3 is 0 Å². The molecule has 2 rings (SSSR count). The van der Waals surface area contributed by atoms with E-state index in [1.54, 1.807) is 7.11 Å². The van der Waals surface area contributed by atoms with Crippen molar-refractivity contribution in [2.24, 2.45) is 0 Å². The Morgan fingerprint density at radius 2 is 2.12 bits per heavy atom. The monoisotopic (exact) mass is 367 g/mol. The van der Waals surface area contributed by atoms with Crippen LogP contribution in [0, 0.1) is 20.8 Å². The Morgan fingerprint density at radius 3 is 2.79 bits per heavy atom. The summed E-state index contributed by atoms with van der Waals surface area (Å²) in [6, 6.07) is 5.56. The third kappa shape index (κ3) is 4.75. The molecule has 0 spiro atoms. The Kier molecular flexibility index (Phi) is 6.71. The average Bonchev–Trinajstić information content (AvgIpc) is 2.80. The topological polar surface area (TPSA) is 56.1 Å². The number of hydrogen-bond acceptors (Lipinski definition) is 4. The lowest BCUT2D eigenvalue weighted by Gasteiger charge is -2.10. The Labute approximate surface area is 151 Å². The standard InChI is InChI=1S/C17H22ClN3O2S/c1-11-5-6-15(14(18)9-11)20-16(22)10-24-17-19-12(2)13(3)21(17)7-8-23-4/h5-6,9H,7-8,10H2,1-4H3,(H,20,22). The highest BCUT2D eigenvalue weighted by Gasteiger charge is 2.14. The predicted octanol–water partition coefficient (Wildman–Crippen LogP) is 3.84. The minimum absolute atomic E-state index is 0.109. The maximum atomic E-state index is 12.2. The summed E-state index contributed by atoms with van der Waals surface area (Å²) in [4.78, 5) is 16.7. The van der Waals surface area contributed by atoms with Gasteiger partial charge in [-0.3, -0.25) is 4.79 Å². The van der Waals surface area contributed by atoms with Crippen LogP contribution in [0.15, 0.2) is 23.4 Å². The van der Waals surface area contributed by atoms with E-state index in [1.165, 1.54) is 11.8 Å². The number of thioether (sulfide) groups is 1. The number of hydrogen-bond donors (Lipinski definition) is 1. The normalized spacial score (nSPS) is 10.9. The van der Waals surface area contributed by atoms with Gasteiger partial charge in [-0.1, -0.05) is 29.4 Å². The fourth-order valence-corrected chi connectivity index (χ4v) is 3.42. The zero-order valence-corrected chi connectivity index (χ0v) is 15.9. The molecular weight excluding hydrogens is 346 g/mol. The van der Waals surface area contributed by atoms with E-state index in [9.17, 15) is 4.79 Å². The Morgan fingerprint density at radius 1 is 1.38 bits per heavy atom. The van der Waals surface area contributed by atoms with Crippen LogP contribution in [0.3, 0.4) is 0 Å². The Balaban J connectivity index is 2.00. The number of rotatable bonds is 7. The summed E-state index contributed by atoms with van der Waals surface area (Å²) in [6.07, 6.45) is 0. The molecule has 0 aliphatic heterocycles. The summed E-state index contributed by atoms with van der Waals surface area (Å²) in [5.41, 5.74) is 3.74. The first-order chi connectivity index (χ1) is 11.4. The summed E-state index contributed by atoms with van der Waals surface area (Å²) in [6.45, 7) is 7.27. The van der Waals surface area contributed by atoms with Gasteiger partial charge in [-0.25, -0.2) is 4.98 Å². The van der Waals surface area contributed by atoms with E-state index in [-0.39, 0.29) is 11.7 Å². The molecule has 1 aromatic heterocycles. The highest BCUT2D eigenvalue weighted by Crippen LogP contribution is 2.24. The van der Waals surface area contributed by atoms with Gasteiger partial charge in [0, 0.05) is 19.3 Å². The SMILES string of the molecule is COCCn1c(SCC(=O)Nc2ccc(C)cc2Cl)nc(C)c1C. The van der Waals surface area contributed by atoms with Crippen LogP contribution in [0.1, 0.15) is 17.0 Å². The van der Waals surface area contributed by atoms with Crippen molar-refractivity contribution in [1.29, 1.82) is 0 Å². The lowest BCUT2D eigenvalue weighted by atomic mass is 10.2. The molecule has 1 heterocycles. The van der Waals surface area contributed by atoms with Crippen molar-refractivity contribution in [1.82, 2.24) is 9.55 Å². The van der Waals surface area contributed by atoms with E-state index in [2.05, 4.69) is 14.9 Å². The fraction of sp³-hybridized carbons (Fsp3) is 0.412. The number of carbonyl (C=O) groups is 1. The maximum Gasteiger partial charge on any atom is 0.234 e. The van der Waals surface area contributed by atoms with Gasteiger partial charge < -0.3 is 14.6 Å².